The lowest BCUT2D eigenvalue weighted by molar-refractivity contribution is 0.223. The van der Waals surface area contributed by atoms with Gasteiger partial charge in [-0.25, -0.2) is 0 Å². The average Bonchev–Trinajstić information content (AvgIpc) is 2.06. The second kappa shape index (κ2) is 3.35. The third-order valence-corrected chi connectivity index (χ3v) is 2.57. The van der Waals surface area contributed by atoms with Crippen molar-refractivity contribution in [3.63, 3.8) is 0 Å². The van der Waals surface area contributed by atoms with Crippen LogP contribution in [-0.4, -0.2) is 30.6 Å². The summed E-state index contributed by atoms with van der Waals surface area (Å²) >= 11 is 0. The lowest BCUT2D eigenvalue weighted by Gasteiger charge is -2.27. The number of rotatable bonds is 1. The second-order valence-corrected chi connectivity index (χ2v) is 5.35. The van der Waals surface area contributed by atoms with Crippen LogP contribution in [0.2, 0.25) is 0 Å². The zero-order valence-electron chi connectivity index (χ0n) is 8.80. The van der Waals surface area contributed by atoms with Crippen molar-refractivity contribution in [1.82, 2.24) is 4.90 Å². The molecule has 2 N–H and O–H groups in total. The zero-order chi connectivity index (χ0) is 9.35. The van der Waals surface area contributed by atoms with E-state index in [1.807, 2.05) is 0 Å². The van der Waals surface area contributed by atoms with Crippen LogP contribution in [0.1, 0.15) is 33.6 Å². The van der Waals surface area contributed by atoms with Crippen molar-refractivity contribution in [1.29, 1.82) is 0 Å². The Labute approximate surface area is 76.1 Å². The first kappa shape index (κ1) is 10.0. The summed E-state index contributed by atoms with van der Waals surface area (Å²) < 4.78 is 0. The third-order valence-electron chi connectivity index (χ3n) is 2.57. The van der Waals surface area contributed by atoms with Crippen molar-refractivity contribution >= 4 is 0 Å². The molecule has 0 radical (unpaired) electrons. The van der Waals surface area contributed by atoms with E-state index in [4.69, 9.17) is 5.73 Å². The summed E-state index contributed by atoms with van der Waals surface area (Å²) in [7, 11) is 2.18. The van der Waals surface area contributed by atoms with Gasteiger partial charge in [0.1, 0.15) is 0 Å². The molecule has 0 aliphatic carbocycles. The van der Waals surface area contributed by atoms with Crippen molar-refractivity contribution in [3.05, 3.63) is 0 Å². The predicted molar refractivity (Wildman–Crippen MR) is 53.1 cm³/mol. The first-order chi connectivity index (χ1) is 5.38. The van der Waals surface area contributed by atoms with Gasteiger partial charge in [-0.15, -0.1) is 0 Å². The molecule has 0 aromatic heterocycles. The highest BCUT2D eigenvalue weighted by Gasteiger charge is 2.29. The number of likely N-dealkylation sites (tertiary alicyclic amines) is 1. The van der Waals surface area contributed by atoms with E-state index in [1.165, 1.54) is 12.8 Å². The van der Waals surface area contributed by atoms with E-state index < -0.39 is 0 Å². The van der Waals surface area contributed by atoms with Gasteiger partial charge in [0.05, 0.1) is 0 Å². The normalized spacial score (nSPS) is 32.8. The molecule has 12 heavy (non-hydrogen) atoms. The fourth-order valence-electron chi connectivity index (χ4n) is 2.07. The molecule has 0 bridgehead atoms. The van der Waals surface area contributed by atoms with Gasteiger partial charge >= 0.3 is 0 Å². The summed E-state index contributed by atoms with van der Waals surface area (Å²) in [5.41, 5.74) is 6.33. The van der Waals surface area contributed by atoms with Crippen molar-refractivity contribution in [2.24, 2.45) is 11.1 Å². The van der Waals surface area contributed by atoms with Gasteiger partial charge in [0, 0.05) is 18.6 Å². The molecule has 1 rings (SSSR count). The summed E-state index contributed by atoms with van der Waals surface area (Å²) in [6, 6.07) is 1.11. The minimum absolute atomic E-state index is 0.405. The number of nitrogens with two attached hydrogens (primary N) is 1. The fraction of sp³-hybridized carbons (Fsp3) is 1.00. The van der Waals surface area contributed by atoms with Crippen molar-refractivity contribution in [2.45, 2.75) is 45.7 Å². The molecule has 2 heteroatoms. The van der Waals surface area contributed by atoms with Crippen LogP contribution in [0, 0.1) is 5.41 Å². The maximum atomic E-state index is 5.89. The van der Waals surface area contributed by atoms with Crippen molar-refractivity contribution in [3.8, 4) is 0 Å². The van der Waals surface area contributed by atoms with Gasteiger partial charge in [-0.2, -0.15) is 0 Å². The molecule has 1 fully saturated rings. The summed E-state index contributed by atoms with van der Waals surface area (Å²) in [6.07, 6.45) is 2.44. The highest BCUT2D eigenvalue weighted by atomic mass is 15.2. The van der Waals surface area contributed by atoms with E-state index in [1.54, 1.807) is 0 Å². The summed E-state index contributed by atoms with van der Waals surface area (Å²) in [4.78, 5) is 2.40. The zero-order valence-corrected chi connectivity index (χ0v) is 8.80. The van der Waals surface area contributed by atoms with Gasteiger partial charge in [0.25, 0.3) is 0 Å². The number of hydrogen-bond donors (Lipinski definition) is 1. The van der Waals surface area contributed by atoms with Crippen LogP contribution in [-0.2, 0) is 0 Å². The van der Waals surface area contributed by atoms with Gasteiger partial charge in [-0.3, -0.25) is 0 Å². The van der Waals surface area contributed by atoms with Gasteiger partial charge < -0.3 is 10.6 Å². The molecule has 2 atom stereocenters. The van der Waals surface area contributed by atoms with Crippen LogP contribution in [0.25, 0.3) is 0 Å². The molecule has 1 aliphatic heterocycles. The Morgan fingerprint density at radius 2 is 2.00 bits per heavy atom. The number of hydrogen-bond acceptors (Lipinski definition) is 2. The smallest absolute Gasteiger partial charge is 0.0182 e. The van der Waals surface area contributed by atoms with Gasteiger partial charge in [0.15, 0.2) is 0 Å². The first-order valence-corrected chi connectivity index (χ1v) is 4.84. The minimum Gasteiger partial charge on any atom is -0.326 e. The molecular formula is C10H22N2. The molecule has 0 aromatic rings. The summed E-state index contributed by atoms with van der Waals surface area (Å²) in [5, 5.41) is 0. The van der Waals surface area contributed by atoms with Crippen LogP contribution in [0.4, 0.5) is 0 Å². The molecule has 0 aromatic carbocycles. The first-order valence-electron chi connectivity index (χ1n) is 4.84. The topological polar surface area (TPSA) is 29.3 Å². The monoisotopic (exact) mass is 170 g/mol. The standard InChI is InChI=1S/C10H22N2/c1-10(2,3)6-9-5-8(11)7-12(9)4/h8-9H,5-7,11H2,1-4H3. The highest BCUT2D eigenvalue weighted by molar-refractivity contribution is 4.87. The molecule has 1 aliphatic rings. The molecule has 2 nitrogen and oxygen atoms in total. The molecule has 1 saturated heterocycles. The van der Waals surface area contributed by atoms with Crippen LogP contribution in [0.15, 0.2) is 0 Å². The fourth-order valence-corrected chi connectivity index (χ4v) is 2.07. The van der Waals surface area contributed by atoms with E-state index in [0.29, 0.717) is 17.5 Å². The Morgan fingerprint density at radius 1 is 1.42 bits per heavy atom. The lowest BCUT2D eigenvalue weighted by atomic mass is 9.87. The minimum atomic E-state index is 0.405. The molecule has 0 spiro atoms. The SMILES string of the molecule is CN1CC(N)CC1CC(C)(C)C. The van der Waals surface area contributed by atoms with Gasteiger partial charge in [-0.05, 0) is 25.3 Å². The van der Waals surface area contributed by atoms with Crippen LogP contribution >= 0.6 is 0 Å². The molecular weight excluding hydrogens is 148 g/mol. The van der Waals surface area contributed by atoms with E-state index in [2.05, 4.69) is 32.7 Å². The van der Waals surface area contributed by atoms with E-state index in [0.717, 1.165) is 6.54 Å². The third kappa shape index (κ3) is 2.76. The lowest BCUT2D eigenvalue weighted by Crippen LogP contribution is -2.29. The molecule has 0 amide bonds. The highest BCUT2D eigenvalue weighted by Crippen LogP contribution is 2.28. The molecule has 2 unspecified atom stereocenters. The van der Waals surface area contributed by atoms with Crippen molar-refractivity contribution in [2.75, 3.05) is 13.6 Å². The van der Waals surface area contributed by atoms with Crippen LogP contribution in [0.3, 0.4) is 0 Å². The Morgan fingerprint density at radius 3 is 2.33 bits per heavy atom. The maximum Gasteiger partial charge on any atom is 0.0182 e. The van der Waals surface area contributed by atoms with Gasteiger partial charge in [0.2, 0.25) is 0 Å². The van der Waals surface area contributed by atoms with Crippen molar-refractivity contribution < 1.29 is 0 Å². The average molecular weight is 170 g/mol. The number of nitrogens with zero attached hydrogens (tertiary/aromatic N) is 1. The number of likely N-dealkylation sites (N-methyl/N-ethyl adjacent to an activating group) is 1. The van der Waals surface area contributed by atoms with E-state index in [-0.39, 0.29) is 0 Å². The molecule has 0 saturated carbocycles. The molecule has 72 valence electrons. The van der Waals surface area contributed by atoms with Gasteiger partial charge in [-0.1, -0.05) is 20.8 Å². The quantitative estimate of drug-likeness (QED) is 0.645. The van der Waals surface area contributed by atoms with Crippen LogP contribution < -0.4 is 5.73 Å². The second-order valence-electron chi connectivity index (χ2n) is 5.35. The Kier molecular flexibility index (Phi) is 2.79. The molecule has 1 heterocycles. The Bertz CT molecular complexity index is 148. The van der Waals surface area contributed by atoms with Crippen LogP contribution in [0.5, 0.6) is 0 Å². The summed E-state index contributed by atoms with van der Waals surface area (Å²) in [5.74, 6) is 0. The van der Waals surface area contributed by atoms with E-state index >= 15 is 0 Å². The predicted octanol–water partition coefficient (Wildman–Crippen LogP) is 1.45. The largest absolute Gasteiger partial charge is 0.326 e. The maximum absolute atomic E-state index is 5.89. The Balaban J connectivity index is 2.43. The summed E-state index contributed by atoms with van der Waals surface area (Å²) in [6.45, 7) is 7.96. The van der Waals surface area contributed by atoms with E-state index in [9.17, 15) is 0 Å². The Hall–Kier alpha value is -0.0800.